The number of aromatic nitrogens is 2. The van der Waals surface area contributed by atoms with Crippen LogP contribution in [0.4, 0.5) is 4.79 Å². The summed E-state index contributed by atoms with van der Waals surface area (Å²) >= 11 is 6.49. The van der Waals surface area contributed by atoms with Crippen LogP contribution < -0.4 is 4.74 Å². The summed E-state index contributed by atoms with van der Waals surface area (Å²) in [4.78, 5) is 18.1. The van der Waals surface area contributed by atoms with Gasteiger partial charge in [-0.2, -0.15) is 0 Å². The first-order valence-electron chi connectivity index (χ1n) is 8.93. The molecule has 0 atom stereocenters. The van der Waals surface area contributed by atoms with Crippen molar-refractivity contribution in [2.24, 2.45) is 5.41 Å². The molecule has 26 heavy (non-hydrogen) atoms. The van der Waals surface area contributed by atoms with E-state index in [0.29, 0.717) is 10.9 Å². The van der Waals surface area contributed by atoms with E-state index in [0.717, 1.165) is 37.3 Å². The van der Waals surface area contributed by atoms with Gasteiger partial charge in [-0.25, -0.2) is 9.78 Å². The minimum Gasteiger partial charge on any atom is -0.487 e. The van der Waals surface area contributed by atoms with Crippen LogP contribution in [0.15, 0.2) is 18.3 Å². The number of imidazole rings is 1. The fourth-order valence-electron chi connectivity index (χ4n) is 3.91. The molecule has 2 aromatic rings. The Morgan fingerprint density at radius 1 is 1.31 bits per heavy atom. The molecule has 4 rings (SSSR count). The van der Waals surface area contributed by atoms with Crippen LogP contribution in [-0.4, -0.2) is 45.2 Å². The first kappa shape index (κ1) is 17.5. The highest BCUT2D eigenvalue weighted by Crippen LogP contribution is 2.50. The number of hydrogen-bond acceptors (Lipinski definition) is 4. The van der Waals surface area contributed by atoms with Crippen LogP contribution in [0.25, 0.3) is 5.52 Å². The van der Waals surface area contributed by atoms with Gasteiger partial charge in [0, 0.05) is 18.5 Å². The molecular formula is C19H24ClN3O3. The molecule has 0 bridgehead atoms. The van der Waals surface area contributed by atoms with Crippen molar-refractivity contribution < 1.29 is 14.3 Å². The topological polar surface area (TPSA) is 56.1 Å². The molecular weight excluding hydrogens is 354 g/mol. The van der Waals surface area contributed by atoms with Crippen LogP contribution in [0.1, 0.15) is 39.4 Å². The Morgan fingerprint density at radius 3 is 2.65 bits per heavy atom. The molecule has 0 radical (unpaired) electrons. The second kappa shape index (κ2) is 5.78. The molecule has 1 saturated heterocycles. The number of carbonyl (C=O) groups is 1. The van der Waals surface area contributed by atoms with Gasteiger partial charge in [-0.15, -0.1) is 0 Å². The van der Waals surface area contributed by atoms with E-state index >= 15 is 0 Å². The normalized spacial score (nSPS) is 19.3. The maximum atomic E-state index is 12.1. The van der Waals surface area contributed by atoms with Crippen molar-refractivity contribution in [2.75, 3.05) is 13.1 Å². The fraction of sp³-hybridized carbons (Fsp3) is 0.579. The Balaban J connectivity index is 1.33. The van der Waals surface area contributed by atoms with Crippen molar-refractivity contribution >= 4 is 23.2 Å². The SMILES string of the molecule is Cc1ncc2ccc(OC3CC4(C3)CN(C(=O)OC(C)(C)C)C4)c(Cl)n12. The third-order valence-corrected chi connectivity index (χ3v) is 5.45. The smallest absolute Gasteiger partial charge is 0.410 e. The summed E-state index contributed by atoms with van der Waals surface area (Å²) in [5.74, 6) is 1.52. The maximum absolute atomic E-state index is 12.1. The zero-order valence-electron chi connectivity index (χ0n) is 15.6. The van der Waals surface area contributed by atoms with Gasteiger partial charge in [0.15, 0.2) is 10.9 Å². The first-order chi connectivity index (χ1) is 12.2. The molecule has 1 amide bonds. The molecule has 0 N–H and O–H groups in total. The number of nitrogens with zero attached hydrogens (tertiary/aromatic N) is 3. The zero-order valence-corrected chi connectivity index (χ0v) is 16.3. The molecule has 0 aromatic carbocycles. The summed E-state index contributed by atoms with van der Waals surface area (Å²) in [5, 5.41) is 0.558. The van der Waals surface area contributed by atoms with Gasteiger partial charge in [0.2, 0.25) is 0 Å². The van der Waals surface area contributed by atoms with Crippen molar-refractivity contribution in [3.05, 3.63) is 29.3 Å². The molecule has 1 aliphatic carbocycles. The van der Waals surface area contributed by atoms with Crippen LogP contribution in [0.5, 0.6) is 5.75 Å². The molecule has 7 heteroatoms. The lowest BCUT2D eigenvalue weighted by atomic mass is 9.62. The number of aryl methyl sites for hydroxylation is 1. The van der Waals surface area contributed by atoms with Gasteiger partial charge in [-0.3, -0.25) is 4.40 Å². The third kappa shape index (κ3) is 3.00. The highest BCUT2D eigenvalue weighted by molar-refractivity contribution is 6.31. The Hall–Kier alpha value is -1.95. The first-order valence-corrected chi connectivity index (χ1v) is 9.31. The molecule has 1 saturated carbocycles. The van der Waals surface area contributed by atoms with Crippen LogP contribution in [0.3, 0.4) is 0 Å². The van der Waals surface area contributed by atoms with Gasteiger partial charge in [0.25, 0.3) is 0 Å². The zero-order chi connectivity index (χ0) is 18.7. The number of amides is 1. The van der Waals surface area contributed by atoms with E-state index in [-0.39, 0.29) is 17.6 Å². The molecule has 6 nitrogen and oxygen atoms in total. The molecule has 2 aromatic heterocycles. The number of likely N-dealkylation sites (tertiary alicyclic amines) is 1. The molecule has 140 valence electrons. The van der Waals surface area contributed by atoms with Crippen LogP contribution in [0.2, 0.25) is 5.15 Å². The second-order valence-electron chi connectivity index (χ2n) is 8.54. The van der Waals surface area contributed by atoms with Crippen molar-refractivity contribution in [3.63, 3.8) is 0 Å². The van der Waals surface area contributed by atoms with Gasteiger partial charge in [0.05, 0.1) is 11.7 Å². The van der Waals surface area contributed by atoms with Crippen LogP contribution in [-0.2, 0) is 4.74 Å². The van der Waals surface area contributed by atoms with E-state index in [2.05, 4.69) is 4.98 Å². The lowest BCUT2D eigenvalue weighted by molar-refractivity contribution is -0.116. The van der Waals surface area contributed by atoms with E-state index in [1.165, 1.54) is 0 Å². The van der Waals surface area contributed by atoms with Gasteiger partial charge < -0.3 is 14.4 Å². The molecule has 1 spiro atoms. The van der Waals surface area contributed by atoms with E-state index < -0.39 is 5.60 Å². The van der Waals surface area contributed by atoms with Gasteiger partial charge in [0.1, 0.15) is 17.5 Å². The lowest BCUT2D eigenvalue weighted by Gasteiger charge is -2.58. The molecule has 2 aliphatic rings. The average Bonchev–Trinajstić information content (AvgIpc) is 2.82. The summed E-state index contributed by atoms with van der Waals surface area (Å²) in [6, 6.07) is 3.86. The molecule has 3 heterocycles. The van der Waals surface area contributed by atoms with Gasteiger partial charge in [-0.05, 0) is 52.7 Å². The van der Waals surface area contributed by atoms with Crippen LogP contribution >= 0.6 is 11.6 Å². The van der Waals surface area contributed by atoms with E-state index in [9.17, 15) is 4.79 Å². The number of fused-ring (bicyclic) bond motifs is 1. The Morgan fingerprint density at radius 2 is 2.00 bits per heavy atom. The second-order valence-corrected chi connectivity index (χ2v) is 8.90. The van der Waals surface area contributed by atoms with Crippen LogP contribution in [0, 0.1) is 12.3 Å². The predicted molar refractivity (Wildman–Crippen MR) is 98.8 cm³/mol. The number of ether oxygens (including phenoxy) is 2. The molecule has 2 fully saturated rings. The largest absolute Gasteiger partial charge is 0.487 e. The Kier molecular flexibility index (Phi) is 3.88. The molecule has 0 unspecified atom stereocenters. The number of pyridine rings is 1. The fourth-order valence-corrected chi connectivity index (χ4v) is 4.24. The standard InChI is InChI=1S/C19H24ClN3O3/c1-12-21-9-13-5-6-15(16(20)23(12)13)25-14-7-19(8-14)10-22(11-19)17(24)26-18(2,3)4/h5-6,9,14H,7-8,10-11H2,1-4H3. The predicted octanol–water partition coefficient (Wildman–Crippen LogP) is 4.07. The van der Waals surface area contributed by atoms with Crippen molar-refractivity contribution in [1.82, 2.24) is 14.3 Å². The number of rotatable bonds is 2. The van der Waals surface area contributed by atoms with E-state index in [1.807, 2.05) is 44.2 Å². The summed E-state index contributed by atoms with van der Waals surface area (Å²) < 4.78 is 13.4. The van der Waals surface area contributed by atoms with Crippen molar-refractivity contribution in [2.45, 2.75) is 52.2 Å². The monoisotopic (exact) mass is 377 g/mol. The number of halogens is 1. The van der Waals surface area contributed by atoms with Crippen molar-refractivity contribution in [1.29, 1.82) is 0 Å². The summed E-state index contributed by atoms with van der Waals surface area (Å²) in [6.45, 7) is 9.06. The van der Waals surface area contributed by atoms with E-state index in [4.69, 9.17) is 21.1 Å². The maximum Gasteiger partial charge on any atom is 0.410 e. The van der Waals surface area contributed by atoms with Gasteiger partial charge in [-0.1, -0.05) is 11.6 Å². The Bertz CT molecular complexity index is 857. The summed E-state index contributed by atoms with van der Waals surface area (Å²) in [7, 11) is 0. The highest BCUT2D eigenvalue weighted by atomic mass is 35.5. The van der Waals surface area contributed by atoms with Gasteiger partial charge >= 0.3 is 6.09 Å². The Labute approximate surface area is 158 Å². The minimum absolute atomic E-state index is 0.134. The van der Waals surface area contributed by atoms with E-state index in [1.54, 1.807) is 11.1 Å². The quantitative estimate of drug-likeness (QED) is 0.740. The summed E-state index contributed by atoms with van der Waals surface area (Å²) in [5.41, 5.74) is 0.687. The minimum atomic E-state index is -0.452. The summed E-state index contributed by atoms with van der Waals surface area (Å²) in [6.07, 6.45) is 3.57. The van der Waals surface area contributed by atoms with Crippen molar-refractivity contribution in [3.8, 4) is 5.75 Å². The number of carbonyl (C=O) groups excluding carboxylic acids is 1. The lowest BCUT2D eigenvalue weighted by Crippen LogP contribution is -2.66. The highest BCUT2D eigenvalue weighted by Gasteiger charge is 2.55. The molecule has 1 aliphatic heterocycles. The third-order valence-electron chi connectivity index (χ3n) is 5.09. The number of hydrogen-bond donors (Lipinski definition) is 0. The average molecular weight is 378 g/mol.